The molecule has 4 heteroatoms. The van der Waals surface area contributed by atoms with Gasteiger partial charge < -0.3 is 10.1 Å². The highest BCUT2D eigenvalue weighted by molar-refractivity contribution is 9.09. The summed E-state index contributed by atoms with van der Waals surface area (Å²) in [5.41, 5.74) is 0.300. The first-order valence-electron chi connectivity index (χ1n) is 6.21. The summed E-state index contributed by atoms with van der Waals surface area (Å²) in [6.07, 6.45) is 6.75. The Hall–Kier alpha value is -0.0900. The van der Waals surface area contributed by atoms with Crippen molar-refractivity contribution in [3.8, 4) is 0 Å². The molecule has 0 aromatic carbocycles. The van der Waals surface area contributed by atoms with Crippen LogP contribution in [-0.2, 0) is 9.53 Å². The first-order valence-corrected chi connectivity index (χ1v) is 7.33. The molecule has 16 heavy (non-hydrogen) atoms. The van der Waals surface area contributed by atoms with Gasteiger partial charge in [-0.05, 0) is 31.1 Å². The van der Waals surface area contributed by atoms with Gasteiger partial charge in [0.05, 0.1) is 0 Å². The number of nitrogens with one attached hydrogen (secondary N) is 1. The molecule has 92 valence electrons. The Bertz CT molecular complexity index is 245. The zero-order chi connectivity index (χ0) is 11.4. The van der Waals surface area contributed by atoms with Crippen LogP contribution in [0.25, 0.3) is 0 Å². The van der Waals surface area contributed by atoms with Crippen LogP contribution in [0, 0.1) is 5.41 Å². The highest BCUT2D eigenvalue weighted by atomic mass is 79.9. The lowest BCUT2D eigenvalue weighted by Crippen LogP contribution is -2.41. The number of carbonyl (C=O) groups excluding carboxylic acids is 1. The first kappa shape index (κ1) is 12.4. The molecule has 1 saturated heterocycles. The fourth-order valence-electron chi connectivity index (χ4n) is 2.66. The van der Waals surface area contributed by atoms with E-state index >= 15 is 0 Å². The minimum absolute atomic E-state index is 0.0877. The fraction of sp³-hybridized carbons (Fsp3) is 0.917. The van der Waals surface area contributed by atoms with Crippen LogP contribution < -0.4 is 5.32 Å². The molecule has 0 spiro atoms. The molecule has 0 aromatic rings. The summed E-state index contributed by atoms with van der Waals surface area (Å²) in [7, 11) is 0. The minimum Gasteiger partial charge on any atom is -0.368 e. The average molecular weight is 290 g/mol. The number of amides is 1. The molecule has 1 unspecified atom stereocenters. The Balaban J connectivity index is 1.79. The molecular weight excluding hydrogens is 270 g/mol. The normalized spacial score (nSPS) is 28.2. The standard InChI is InChI=1S/C12H20BrNO2/c13-8-12(5-1-2-6-12)9-14-11(15)10-4-3-7-16-10/h10H,1-9H2,(H,14,15). The summed E-state index contributed by atoms with van der Waals surface area (Å²) < 4.78 is 5.37. The number of hydrogen-bond acceptors (Lipinski definition) is 2. The van der Waals surface area contributed by atoms with E-state index in [1.165, 1.54) is 25.7 Å². The molecule has 1 heterocycles. The molecule has 1 atom stereocenters. The van der Waals surface area contributed by atoms with E-state index in [9.17, 15) is 4.79 Å². The largest absolute Gasteiger partial charge is 0.368 e. The monoisotopic (exact) mass is 289 g/mol. The maximum Gasteiger partial charge on any atom is 0.249 e. The minimum atomic E-state index is -0.186. The van der Waals surface area contributed by atoms with E-state index in [0.717, 1.165) is 31.3 Å². The molecule has 2 fully saturated rings. The molecule has 0 aromatic heterocycles. The van der Waals surface area contributed by atoms with Crippen molar-refractivity contribution in [2.45, 2.75) is 44.6 Å². The van der Waals surface area contributed by atoms with Gasteiger partial charge in [0.15, 0.2) is 0 Å². The number of hydrogen-bond donors (Lipinski definition) is 1. The van der Waals surface area contributed by atoms with E-state index in [1.54, 1.807) is 0 Å². The molecule has 1 saturated carbocycles. The summed E-state index contributed by atoms with van der Waals surface area (Å²) in [4.78, 5) is 11.8. The van der Waals surface area contributed by atoms with Gasteiger partial charge in [-0.2, -0.15) is 0 Å². The summed E-state index contributed by atoms with van der Waals surface area (Å²) in [6, 6.07) is 0. The van der Waals surface area contributed by atoms with Crippen LogP contribution in [0.3, 0.4) is 0 Å². The molecule has 3 nitrogen and oxygen atoms in total. The fourth-order valence-corrected chi connectivity index (χ4v) is 3.41. The highest BCUT2D eigenvalue weighted by Gasteiger charge is 2.34. The van der Waals surface area contributed by atoms with Crippen LogP contribution >= 0.6 is 15.9 Å². The molecule has 1 amide bonds. The van der Waals surface area contributed by atoms with E-state index in [4.69, 9.17) is 4.74 Å². The van der Waals surface area contributed by atoms with Gasteiger partial charge in [-0.15, -0.1) is 0 Å². The van der Waals surface area contributed by atoms with Gasteiger partial charge in [0.25, 0.3) is 0 Å². The smallest absolute Gasteiger partial charge is 0.249 e. The third-order valence-corrected chi connectivity index (χ3v) is 5.00. The van der Waals surface area contributed by atoms with Crippen LogP contribution in [0.5, 0.6) is 0 Å². The second-order valence-electron chi connectivity index (χ2n) is 5.06. The SMILES string of the molecule is O=C(NCC1(CBr)CCCC1)C1CCCO1. The topological polar surface area (TPSA) is 38.3 Å². The highest BCUT2D eigenvalue weighted by Crippen LogP contribution is 2.38. The lowest BCUT2D eigenvalue weighted by Gasteiger charge is -2.27. The van der Waals surface area contributed by atoms with Crippen LogP contribution in [0.15, 0.2) is 0 Å². The summed E-state index contributed by atoms with van der Waals surface area (Å²) in [6.45, 7) is 1.54. The predicted octanol–water partition coefficient (Wildman–Crippen LogP) is 2.24. The molecule has 0 bridgehead atoms. The molecule has 1 aliphatic heterocycles. The molecule has 1 N–H and O–H groups in total. The Morgan fingerprint density at radius 1 is 1.38 bits per heavy atom. The van der Waals surface area contributed by atoms with Gasteiger partial charge >= 0.3 is 0 Å². The van der Waals surface area contributed by atoms with Crippen molar-refractivity contribution in [2.24, 2.45) is 5.41 Å². The lowest BCUT2D eigenvalue weighted by molar-refractivity contribution is -0.130. The van der Waals surface area contributed by atoms with Gasteiger partial charge in [0, 0.05) is 18.5 Å². The summed E-state index contributed by atoms with van der Waals surface area (Å²) >= 11 is 3.58. The quantitative estimate of drug-likeness (QED) is 0.806. The van der Waals surface area contributed by atoms with Crippen molar-refractivity contribution < 1.29 is 9.53 Å². The third-order valence-electron chi connectivity index (χ3n) is 3.81. The van der Waals surface area contributed by atoms with Crippen LogP contribution in [0.2, 0.25) is 0 Å². The molecule has 2 rings (SSSR count). The van der Waals surface area contributed by atoms with Gasteiger partial charge in [-0.3, -0.25) is 4.79 Å². The zero-order valence-electron chi connectivity index (χ0n) is 9.64. The Kier molecular flexibility index (Phi) is 4.25. The average Bonchev–Trinajstić information content (AvgIpc) is 2.98. The van der Waals surface area contributed by atoms with E-state index in [0.29, 0.717) is 5.41 Å². The van der Waals surface area contributed by atoms with Crippen LogP contribution in [-0.4, -0.2) is 30.5 Å². The maximum atomic E-state index is 11.8. The van der Waals surface area contributed by atoms with Crippen LogP contribution in [0.4, 0.5) is 0 Å². The second kappa shape index (κ2) is 5.50. The maximum absolute atomic E-state index is 11.8. The predicted molar refractivity (Wildman–Crippen MR) is 66.7 cm³/mol. The molecular formula is C12H20BrNO2. The molecule has 1 aliphatic carbocycles. The van der Waals surface area contributed by atoms with Crippen molar-refractivity contribution in [1.29, 1.82) is 0 Å². The number of alkyl halides is 1. The Labute approximate surface area is 105 Å². The van der Waals surface area contributed by atoms with E-state index < -0.39 is 0 Å². The molecule has 0 radical (unpaired) electrons. The van der Waals surface area contributed by atoms with Crippen molar-refractivity contribution in [3.05, 3.63) is 0 Å². The zero-order valence-corrected chi connectivity index (χ0v) is 11.2. The van der Waals surface area contributed by atoms with E-state index in [-0.39, 0.29) is 12.0 Å². The summed E-state index contributed by atoms with van der Waals surface area (Å²) in [5, 5.41) is 4.06. The van der Waals surface area contributed by atoms with Gasteiger partial charge in [-0.25, -0.2) is 0 Å². The summed E-state index contributed by atoms with van der Waals surface area (Å²) in [5.74, 6) is 0.0877. The number of rotatable bonds is 4. The van der Waals surface area contributed by atoms with Crippen LogP contribution in [0.1, 0.15) is 38.5 Å². The number of ether oxygens (including phenoxy) is 1. The van der Waals surface area contributed by atoms with Gasteiger partial charge in [0.1, 0.15) is 6.10 Å². The van der Waals surface area contributed by atoms with E-state index in [1.807, 2.05) is 0 Å². The van der Waals surface area contributed by atoms with E-state index in [2.05, 4.69) is 21.2 Å². The second-order valence-corrected chi connectivity index (χ2v) is 5.62. The van der Waals surface area contributed by atoms with Gasteiger partial charge in [-0.1, -0.05) is 28.8 Å². The van der Waals surface area contributed by atoms with Gasteiger partial charge in [0.2, 0.25) is 5.91 Å². The first-order chi connectivity index (χ1) is 7.76. The van der Waals surface area contributed by atoms with Crippen molar-refractivity contribution in [3.63, 3.8) is 0 Å². The third kappa shape index (κ3) is 2.77. The van der Waals surface area contributed by atoms with Crippen molar-refractivity contribution in [1.82, 2.24) is 5.32 Å². The number of halogens is 1. The Morgan fingerprint density at radius 2 is 2.12 bits per heavy atom. The lowest BCUT2D eigenvalue weighted by atomic mass is 9.89. The number of carbonyl (C=O) groups is 1. The molecule has 2 aliphatic rings. The Morgan fingerprint density at radius 3 is 2.69 bits per heavy atom. The van der Waals surface area contributed by atoms with Crippen molar-refractivity contribution in [2.75, 3.05) is 18.5 Å². The van der Waals surface area contributed by atoms with Crippen molar-refractivity contribution >= 4 is 21.8 Å².